The van der Waals surface area contributed by atoms with Crippen LogP contribution in [-0.2, 0) is 20.9 Å². The third kappa shape index (κ3) is 5.34. The van der Waals surface area contributed by atoms with Gasteiger partial charge in [0.1, 0.15) is 24.5 Å². The number of benzene rings is 1. The Balaban J connectivity index is 1.54. The number of carbonyl (C=O) groups excluding carboxylic acids is 2. The number of ether oxygens (including phenoxy) is 3. The van der Waals surface area contributed by atoms with Gasteiger partial charge in [-0.05, 0) is 32.4 Å². The van der Waals surface area contributed by atoms with Crippen molar-refractivity contribution < 1.29 is 28.7 Å². The lowest BCUT2D eigenvalue weighted by Gasteiger charge is -2.31. The average Bonchev–Trinajstić information content (AvgIpc) is 3.04. The molecule has 1 amide bonds. The Labute approximate surface area is 185 Å². The van der Waals surface area contributed by atoms with Crippen molar-refractivity contribution in [1.82, 2.24) is 14.7 Å². The molecule has 32 heavy (non-hydrogen) atoms. The third-order valence-electron chi connectivity index (χ3n) is 5.00. The molecule has 2 heterocycles. The van der Waals surface area contributed by atoms with E-state index in [4.69, 9.17) is 14.2 Å². The largest absolute Gasteiger partial charge is 0.486 e. The molecule has 11 nitrogen and oxygen atoms in total. The molecule has 1 aromatic heterocycles. The van der Waals surface area contributed by atoms with Crippen LogP contribution in [0.15, 0.2) is 24.3 Å². The predicted octanol–water partition coefficient (Wildman–Crippen LogP) is 2.03. The number of aryl methyl sites for hydroxylation is 1. The van der Waals surface area contributed by atoms with Gasteiger partial charge < -0.3 is 19.1 Å². The summed E-state index contributed by atoms with van der Waals surface area (Å²) in [5.41, 5.74) is 0.319. The van der Waals surface area contributed by atoms with E-state index in [9.17, 15) is 19.7 Å². The maximum absolute atomic E-state index is 12.7. The second-order valence-corrected chi connectivity index (χ2v) is 7.43. The van der Waals surface area contributed by atoms with Gasteiger partial charge in [0.25, 0.3) is 5.91 Å². The first-order valence-corrected chi connectivity index (χ1v) is 10.3. The second-order valence-electron chi connectivity index (χ2n) is 7.43. The normalized spacial score (nSPS) is 14.7. The van der Waals surface area contributed by atoms with E-state index in [1.165, 1.54) is 18.5 Å². The SMILES string of the molecule is CCCN(C[C@@H]1COc2ccccc2O1)C(=O)COC(=O)Cn1nc(C)c([N+](=O)[O-])c1C. The molecule has 0 saturated carbocycles. The van der Waals surface area contributed by atoms with E-state index < -0.39 is 17.5 Å². The highest BCUT2D eigenvalue weighted by Crippen LogP contribution is 2.31. The second kappa shape index (κ2) is 10.1. The lowest BCUT2D eigenvalue weighted by molar-refractivity contribution is -0.386. The standard InChI is InChI=1S/C21H26N4O7/c1-4-9-23(10-16-12-30-17-7-5-6-8-18(17)32-16)19(26)13-31-20(27)11-24-15(3)21(25(28)29)14(2)22-24/h5-8,16H,4,9-13H2,1-3H3/t16-/m1/s1. The predicted molar refractivity (Wildman–Crippen MR) is 113 cm³/mol. The minimum absolute atomic E-state index is 0.140. The smallest absolute Gasteiger partial charge is 0.328 e. The van der Waals surface area contributed by atoms with Gasteiger partial charge in [-0.2, -0.15) is 5.10 Å². The summed E-state index contributed by atoms with van der Waals surface area (Å²) in [7, 11) is 0. The molecule has 0 N–H and O–H groups in total. The van der Waals surface area contributed by atoms with Crippen molar-refractivity contribution >= 4 is 17.6 Å². The van der Waals surface area contributed by atoms with E-state index >= 15 is 0 Å². The Bertz CT molecular complexity index is 1000. The van der Waals surface area contributed by atoms with E-state index in [0.29, 0.717) is 31.2 Å². The first-order valence-electron chi connectivity index (χ1n) is 10.3. The van der Waals surface area contributed by atoms with Crippen LogP contribution >= 0.6 is 0 Å². The summed E-state index contributed by atoms with van der Waals surface area (Å²) < 4.78 is 17.9. The maximum Gasteiger partial charge on any atom is 0.328 e. The lowest BCUT2D eigenvalue weighted by atomic mass is 10.2. The van der Waals surface area contributed by atoms with Gasteiger partial charge in [0, 0.05) is 6.54 Å². The Kier molecular flexibility index (Phi) is 7.29. The Hall–Kier alpha value is -3.63. The Morgan fingerprint density at radius 3 is 2.69 bits per heavy atom. The first kappa shape index (κ1) is 23.0. The highest BCUT2D eigenvalue weighted by atomic mass is 16.6. The van der Waals surface area contributed by atoms with Crippen molar-refractivity contribution in [3.8, 4) is 11.5 Å². The molecule has 1 aliphatic heterocycles. The average molecular weight is 446 g/mol. The van der Waals surface area contributed by atoms with Crippen molar-refractivity contribution in [2.45, 2.75) is 39.8 Å². The molecule has 1 aliphatic rings. The fraction of sp³-hybridized carbons (Fsp3) is 0.476. The van der Waals surface area contributed by atoms with Crippen LogP contribution in [0.5, 0.6) is 11.5 Å². The summed E-state index contributed by atoms with van der Waals surface area (Å²) in [6, 6.07) is 7.32. The van der Waals surface area contributed by atoms with Gasteiger partial charge in [0.05, 0.1) is 11.5 Å². The molecule has 0 fully saturated rings. The molecule has 2 aromatic rings. The summed E-state index contributed by atoms with van der Waals surface area (Å²) in [5, 5.41) is 15.1. The zero-order valence-electron chi connectivity index (χ0n) is 18.3. The number of aromatic nitrogens is 2. The van der Waals surface area contributed by atoms with E-state index in [0.717, 1.165) is 6.42 Å². The topological polar surface area (TPSA) is 126 Å². The number of carbonyl (C=O) groups is 2. The van der Waals surface area contributed by atoms with Crippen molar-refractivity contribution in [1.29, 1.82) is 0 Å². The Morgan fingerprint density at radius 2 is 2.03 bits per heavy atom. The van der Waals surface area contributed by atoms with Crippen LogP contribution < -0.4 is 9.47 Å². The minimum atomic E-state index is -0.707. The number of fused-ring (bicyclic) bond motifs is 1. The molecule has 0 aliphatic carbocycles. The van der Waals surface area contributed by atoms with Crippen LogP contribution in [0.1, 0.15) is 24.7 Å². The van der Waals surface area contributed by atoms with Crippen LogP contribution in [0.3, 0.4) is 0 Å². The summed E-state index contributed by atoms with van der Waals surface area (Å²) >= 11 is 0. The molecule has 0 saturated heterocycles. The van der Waals surface area contributed by atoms with Crippen LogP contribution in [0.2, 0.25) is 0 Å². The Morgan fingerprint density at radius 1 is 1.31 bits per heavy atom. The van der Waals surface area contributed by atoms with Crippen LogP contribution in [0.4, 0.5) is 5.69 Å². The molecule has 172 valence electrons. The van der Waals surface area contributed by atoms with Crippen molar-refractivity contribution in [2.24, 2.45) is 0 Å². The molecule has 0 unspecified atom stereocenters. The molecular formula is C21H26N4O7. The summed E-state index contributed by atoms with van der Waals surface area (Å²) in [4.78, 5) is 37.0. The fourth-order valence-electron chi connectivity index (χ4n) is 3.49. The van der Waals surface area contributed by atoms with Gasteiger partial charge in [0.2, 0.25) is 0 Å². The highest BCUT2D eigenvalue weighted by molar-refractivity contribution is 5.80. The van der Waals surface area contributed by atoms with Crippen molar-refractivity contribution in [2.75, 3.05) is 26.3 Å². The van der Waals surface area contributed by atoms with Crippen LogP contribution in [-0.4, -0.2) is 63.9 Å². The number of hydrogen-bond donors (Lipinski definition) is 0. The van der Waals surface area contributed by atoms with Gasteiger partial charge in [0.15, 0.2) is 24.2 Å². The number of nitrogens with zero attached hydrogens (tertiary/aromatic N) is 4. The molecule has 11 heteroatoms. The van der Waals surface area contributed by atoms with E-state index in [-0.39, 0.29) is 35.6 Å². The first-order chi connectivity index (χ1) is 15.3. The number of amides is 1. The van der Waals surface area contributed by atoms with Crippen molar-refractivity contribution in [3.63, 3.8) is 0 Å². The number of para-hydroxylation sites is 2. The molecule has 1 aromatic carbocycles. The molecule has 0 bridgehead atoms. The summed E-state index contributed by atoms with van der Waals surface area (Å²) in [5.74, 6) is 0.219. The van der Waals surface area contributed by atoms with Gasteiger partial charge >= 0.3 is 11.7 Å². The zero-order chi connectivity index (χ0) is 23.3. The summed E-state index contributed by atoms with van der Waals surface area (Å²) in [6.07, 6.45) is 0.380. The van der Waals surface area contributed by atoms with E-state index in [2.05, 4.69) is 5.10 Å². The molecule has 1 atom stereocenters. The van der Waals surface area contributed by atoms with E-state index in [1.54, 1.807) is 11.0 Å². The monoisotopic (exact) mass is 446 g/mol. The number of esters is 1. The zero-order valence-corrected chi connectivity index (χ0v) is 18.3. The highest BCUT2D eigenvalue weighted by Gasteiger charge is 2.26. The van der Waals surface area contributed by atoms with E-state index in [1.807, 2.05) is 25.1 Å². The molecule has 3 rings (SSSR count). The number of hydrogen-bond acceptors (Lipinski definition) is 8. The number of rotatable bonds is 9. The number of nitro groups is 1. The van der Waals surface area contributed by atoms with Crippen molar-refractivity contribution in [3.05, 3.63) is 45.8 Å². The molecule has 0 spiro atoms. The quantitative estimate of drug-likeness (QED) is 0.325. The van der Waals surface area contributed by atoms with Crippen LogP contribution in [0.25, 0.3) is 0 Å². The van der Waals surface area contributed by atoms with Gasteiger partial charge in [-0.15, -0.1) is 0 Å². The molecular weight excluding hydrogens is 420 g/mol. The van der Waals surface area contributed by atoms with Gasteiger partial charge in [-0.25, -0.2) is 0 Å². The van der Waals surface area contributed by atoms with Gasteiger partial charge in [-0.1, -0.05) is 19.1 Å². The van der Waals surface area contributed by atoms with Gasteiger partial charge in [-0.3, -0.25) is 24.4 Å². The third-order valence-corrected chi connectivity index (χ3v) is 5.00. The summed E-state index contributed by atoms with van der Waals surface area (Å²) in [6.45, 7) is 5.25. The lowest BCUT2D eigenvalue weighted by Crippen LogP contribution is -2.45. The fourth-order valence-corrected chi connectivity index (χ4v) is 3.49. The molecule has 0 radical (unpaired) electrons. The minimum Gasteiger partial charge on any atom is -0.486 e. The maximum atomic E-state index is 12.7. The van der Waals surface area contributed by atoms with Crippen LogP contribution in [0, 0.1) is 24.0 Å².